The predicted octanol–water partition coefficient (Wildman–Crippen LogP) is 1.50. The first-order valence-electron chi connectivity index (χ1n) is 9.61. The minimum absolute atomic E-state index is 0.0347. The molecule has 10 heteroatoms. The molecule has 2 amide bonds. The number of thiophene rings is 1. The molecule has 0 atom stereocenters. The summed E-state index contributed by atoms with van der Waals surface area (Å²) in [5.74, 6) is -0.0951. The highest BCUT2D eigenvalue weighted by molar-refractivity contribution is 7.17. The molecule has 0 saturated heterocycles. The van der Waals surface area contributed by atoms with Crippen LogP contribution in [0.4, 0.5) is 10.7 Å². The van der Waals surface area contributed by atoms with Gasteiger partial charge in [-0.1, -0.05) is 0 Å². The number of rotatable bonds is 2. The lowest BCUT2D eigenvalue weighted by molar-refractivity contribution is -0.118. The minimum atomic E-state index is -0.0603. The van der Waals surface area contributed by atoms with Gasteiger partial charge in [0.05, 0.1) is 23.5 Å². The second kappa shape index (κ2) is 6.51. The highest BCUT2D eigenvalue weighted by Gasteiger charge is 2.36. The zero-order valence-electron chi connectivity index (χ0n) is 16.5. The van der Waals surface area contributed by atoms with Gasteiger partial charge in [-0.05, 0) is 31.9 Å². The van der Waals surface area contributed by atoms with Gasteiger partial charge in [-0.25, -0.2) is 0 Å². The lowest BCUT2D eigenvalue weighted by Gasteiger charge is -2.29. The topological polar surface area (TPSA) is 86.9 Å². The molecule has 29 heavy (non-hydrogen) atoms. The molecule has 0 bridgehead atoms. The Morgan fingerprint density at radius 2 is 2.07 bits per heavy atom. The van der Waals surface area contributed by atoms with Crippen LogP contribution in [0.25, 0.3) is 5.65 Å². The molecular weight excluding hydrogens is 390 g/mol. The first-order valence-corrected chi connectivity index (χ1v) is 10.4. The van der Waals surface area contributed by atoms with E-state index in [1.807, 2.05) is 19.9 Å². The third kappa shape index (κ3) is 2.70. The van der Waals surface area contributed by atoms with Crippen LogP contribution in [-0.4, -0.2) is 63.2 Å². The van der Waals surface area contributed by atoms with Gasteiger partial charge in [-0.15, -0.1) is 21.5 Å². The molecule has 3 aromatic heterocycles. The number of amides is 2. The molecule has 5 rings (SSSR count). The molecule has 2 aliphatic heterocycles. The Balaban J connectivity index is 1.59. The maximum Gasteiger partial charge on any atom is 0.257 e. The molecule has 0 aliphatic carbocycles. The second-order valence-corrected chi connectivity index (χ2v) is 8.51. The number of likely N-dealkylation sites (N-methyl/N-ethyl adjacent to an activating group) is 2. The third-order valence-electron chi connectivity index (χ3n) is 5.55. The average molecular weight is 411 g/mol. The lowest BCUT2D eigenvalue weighted by Crippen LogP contribution is -2.37. The minimum Gasteiger partial charge on any atom is -0.363 e. The molecule has 0 spiro atoms. The summed E-state index contributed by atoms with van der Waals surface area (Å²) in [4.78, 5) is 32.3. The Bertz CT molecular complexity index is 1150. The van der Waals surface area contributed by atoms with Crippen LogP contribution in [-0.2, 0) is 17.8 Å². The van der Waals surface area contributed by atoms with Crippen molar-refractivity contribution in [3.05, 3.63) is 34.1 Å². The maximum atomic E-state index is 13.0. The first kappa shape index (κ1) is 18.0. The molecule has 2 aliphatic rings. The zero-order valence-corrected chi connectivity index (χ0v) is 17.4. The van der Waals surface area contributed by atoms with E-state index in [9.17, 15) is 9.59 Å². The summed E-state index contributed by atoms with van der Waals surface area (Å²) in [7, 11) is 1.70. The molecule has 0 saturated carbocycles. The van der Waals surface area contributed by atoms with E-state index in [-0.39, 0.29) is 18.4 Å². The smallest absolute Gasteiger partial charge is 0.257 e. The largest absolute Gasteiger partial charge is 0.363 e. The van der Waals surface area contributed by atoms with Crippen molar-refractivity contribution >= 4 is 39.5 Å². The molecule has 0 fully saturated rings. The van der Waals surface area contributed by atoms with Crippen LogP contribution in [0.3, 0.4) is 0 Å². The predicted molar refractivity (Wildman–Crippen MR) is 110 cm³/mol. The van der Waals surface area contributed by atoms with Gasteiger partial charge < -0.3 is 14.7 Å². The van der Waals surface area contributed by atoms with Gasteiger partial charge in [0.15, 0.2) is 0 Å². The molecule has 3 aromatic rings. The van der Waals surface area contributed by atoms with E-state index in [0.717, 1.165) is 45.4 Å². The summed E-state index contributed by atoms with van der Waals surface area (Å²) in [6, 6.07) is 2.02. The molecule has 150 valence electrons. The van der Waals surface area contributed by atoms with Gasteiger partial charge in [0.25, 0.3) is 5.91 Å². The Kier molecular flexibility index (Phi) is 4.05. The van der Waals surface area contributed by atoms with E-state index in [0.29, 0.717) is 18.7 Å². The molecule has 9 nitrogen and oxygen atoms in total. The van der Waals surface area contributed by atoms with Crippen molar-refractivity contribution in [1.29, 1.82) is 0 Å². The van der Waals surface area contributed by atoms with Crippen molar-refractivity contribution < 1.29 is 9.59 Å². The van der Waals surface area contributed by atoms with Crippen molar-refractivity contribution in [3.63, 3.8) is 0 Å². The van der Waals surface area contributed by atoms with Crippen LogP contribution in [0.2, 0.25) is 0 Å². The zero-order chi connectivity index (χ0) is 20.3. The summed E-state index contributed by atoms with van der Waals surface area (Å²) in [5.41, 5.74) is 4.38. The van der Waals surface area contributed by atoms with Crippen molar-refractivity contribution in [2.24, 2.45) is 0 Å². The number of nitrogens with zero attached hydrogens (tertiary/aromatic N) is 7. The van der Waals surface area contributed by atoms with Crippen LogP contribution in [0.5, 0.6) is 0 Å². The van der Waals surface area contributed by atoms with E-state index in [1.54, 1.807) is 34.1 Å². The molecule has 5 heterocycles. The van der Waals surface area contributed by atoms with Gasteiger partial charge in [0.1, 0.15) is 17.9 Å². The van der Waals surface area contributed by atoms with Crippen LogP contribution < -0.4 is 9.80 Å². The van der Waals surface area contributed by atoms with Crippen molar-refractivity contribution in [1.82, 2.24) is 24.7 Å². The fraction of sp³-hybridized carbons (Fsp3) is 0.421. The van der Waals surface area contributed by atoms with E-state index in [2.05, 4.69) is 20.2 Å². The normalized spacial score (nSPS) is 17.0. The highest BCUT2D eigenvalue weighted by atomic mass is 32.1. The molecule has 0 unspecified atom stereocenters. The number of aromatic nitrogens is 4. The lowest BCUT2D eigenvalue weighted by atomic mass is 10.0. The van der Waals surface area contributed by atoms with Gasteiger partial charge >= 0.3 is 0 Å². The Morgan fingerprint density at radius 1 is 1.24 bits per heavy atom. The van der Waals surface area contributed by atoms with Crippen LogP contribution in [0, 0.1) is 6.92 Å². The van der Waals surface area contributed by atoms with E-state index in [1.165, 1.54) is 4.90 Å². The number of fused-ring (bicyclic) bond motifs is 4. The maximum absolute atomic E-state index is 13.0. The molecule has 0 N–H and O–H groups in total. The third-order valence-corrected chi connectivity index (χ3v) is 6.78. The van der Waals surface area contributed by atoms with E-state index in [4.69, 9.17) is 0 Å². The Hall–Kier alpha value is -3.01. The van der Waals surface area contributed by atoms with Gasteiger partial charge in [0.2, 0.25) is 11.6 Å². The fourth-order valence-electron chi connectivity index (χ4n) is 4.16. The number of carbonyl (C=O) groups excluding carboxylic acids is 2. The van der Waals surface area contributed by atoms with E-state index >= 15 is 0 Å². The standard InChI is InChI=1S/C19H21N7O2S/c1-4-25-15(27)9-23(3)18(28)16-12-5-6-24(8-14(12)29-19(16)25)13-7-11(2)22-26-10-20-21-17(13)26/h7,10H,4-6,8-9H2,1-3H3. The number of carbonyl (C=O) groups is 2. The number of anilines is 2. The molecular formula is C19H21N7O2S. The monoisotopic (exact) mass is 411 g/mol. The van der Waals surface area contributed by atoms with Crippen LogP contribution in [0.1, 0.15) is 33.4 Å². The highest BCUT2D eigenvalue weighted by Crippen LogP contribution is 2.42. The van der Waals surface area contributed by atoms with Gasteiger partial charge in [-0.3, -0.25) is 9.59 Å². The first-order chi connectivity index (χ1) is 14.0. The average Bonchev–Trinajstić information content (AvgIpc) is 3.28. The summed E-state index contributed by atoms with van der Waals surface area (Å²) < 4.78 is 1.69. The fourth-order valence-corrected chi connectivity index (χ4v) is 5.59. The summed E-state index contributed by atoms with van der Waals surface area (Å²) in [6.07, 6.45) is 2.35. The second-order valence-electron chi connectivity index (χ2n) is 7.42. The summed E-state index contributed by atoms with van der Waals surface area (Å²) in [6.45, 7) is 6.01. The van der Waals surface area contributed by atoms with Crippen molar-refractivity contribution in [3.8, 4) is 0 Å². The summed E-state index contributed by atoms with van der Waals surface area (Å²) in [5, 5.41) is 13.4. The SMILES string of the molecule is CCN1C(=O)CN(C)C(=O)c2c1sc1c2CCN(c2cc(C)nn3cnnc23)C1. The van der Waals surface area contributed by atoms with Crippen LogP contribution in [0.15, 0.2) is 12.4 Å². The Labute approximate surface area is 171 Å². The number of hydrogen-bond acceptors (Lipinski definition) is 7. The molecule has 0 aromatic carbocycles. The quantitative estimate of drug-likeness (QED) is 0.635. The van der Waals surface area contributed by atoms with Crippen LogP contribution >= 0.6 is 11.3 Å². The molecule has 0 radical (unpaired) electrons. The summed E-state index contributed by atoms with van der Waals surface area (Å²) >= 11 is 1.56. The van der Waals surface area contributed by atoms with Crippen molar-refractivity contribution in [2.75, 3.05) is 36.5 Å². The van der Waals surface area contributed by atoms with Gasteiger partial charge in [-0.2, -0.15) is 9.61 Å². The number of hydrogen-bond donors (Lipinski definition) is 0. The van der Waals surface area contributed by atoms with Crippen molar-refractivity contribution in [2.45, 2.75) is 26.8 Å². The number of aryl methyl sites for hydroxylation is 1. The van der Waals surface area contributed by atoms with Gasteiger partial charge in [0, 0.05) is 25.0 Å². The van der Waals surface area contributed by atoms with E-state index < -0.39 is 0 Å². The Morgan fingerprint density at radius 3 is 2.86 bits per heavy atom.